The highest BCUT2D eigenvalue weighted by atomic mass is 16.5. The largest absolute Gasteiger partial charge is 0.491 e. The summed E-state index contributed by atoms with van der Waals surface area (Å²) in [5, 5.41) is 6.99. The molecule has 0 aliphatic carbocycles. The third-order valence-corrected chi connectivity index (χ3v) is 4.21. The van der Waals surface area contributed by atoms with Crippen LogP contribution < -0.4 is 10.5 Å². The second-order valence-electron chi connectivity index (χ2n) is 6.50. The summed E-state index contributed by atoms with van der Waals surface area (Å²) in [6, 6.07) is 8.08. The maximum Gasteiger partial charge on any atom is 0.176 e. The molecule has 8 heteroatoms. The Kier molecular flexibility index (Phi) is 4.45. The molecule has 0 amide bonds. The first-order valence-corrected chi connectivity index (χ1v) is 8.82. The lowest BCUT2D eigenvalue weighted by Gasteiger charge is -2.08. The van der Waals surface area contributed by atoms with Crippen molar-refractivity contribution in [2.75, 3.05) is 6.61 Å². The van der Waals surface area contributed by atoms with E-state index in [1.165, 1.54) is 6.34 Å². The number of fused-ring (bicyclic) bond motifs is 3. The van der Waals surface area contributed by atoms with Crippen molar-refractivity contribution in [3.63, 3.8) is 0 Å². The van der Waals surface area contributed by atoms with Gasteiger partial charge < -0.3 is 15.0 Å². The van der Waals surface area contributed by atoms with E-state index in [9.17, 15) is 0 Å². The highest BCUT2D eigenvalue weighted by molar-refractivity contribution is 6.01. The number of hydrogen-bond donors (Lipinski definition) is 2. The predicted octanol–water partition coefficient (Wildman–Crippen LogP) is 2.72. The third-order valence-electron chi connectivity index (χ3n) is 4.21. The van der Waals surface area contributed by atoms with E-state index in [-0.39, 0.29) is 7.47 Å². The Balaban J connectivity index is 0.00000225. The van der Waals surface area contributed by atoms with Gasteiger partial charge in [0.15, 0.2) is 5.84 Å². The zero-order valence-electron chi connectivity index (χ0n) is 15.3. The molecule has 2 aromatic heterocycles. The number of hydrogen-bond acceptors (Lipinski definition) is 4. The Morgan fingerprint density at radius 2 is 2.30 bits per heavy atom. The number of nitrogens with zero attached hydrogens (tertiary/aromatic N) is 5. The number of ether oxygens (including phenoxy) is 1. The van der Waals surface area contributed by atoms with E-state index in [1.807, 2.05) is 44.3 Å². The summed E-state index contributed by atoms with van der Waals surface area (Å²) in [4.78, 5) is 13.5. The van der Waals surface area contributed by atoms with Crippen LogP contribution >= 0.6 is 0 Å². The van der Waals surface area contributed by atoms with Crippen LogP contribution in [0.3, 0.4) is 0 Å². The minimum Gasteiger partial charge on any atom is -0.491 e. The Hall–Kier alpha value is -3.42. The lowest BCUT2D eigenvalue weighted by Crippen LogP contribution is -2.07. The van der Waals surface area contributed by atoms with Crippen molar-refractivity contribution in [2.24, 2.45) is 15.7 Å². The number of aromatic amines is 1. The summed E-state index contributed by atoms with van der Waals surface area (Å²) in [7, 11) is 0. The Morgan fingerprint density at radius 1 is 1.41 bits per heavy atom. The molecule has 140 valence electrons. The molecule has 0 atom stereocenters. The van der Waals surface area contributed by atoms with Gasteiger partial charge in [0, 0.05) is 25.4 Å². The van der Waals surface area contributed by atoms with Crippen LogP contribution in [0.25, 0.3) is 22.6 Å². The summed E-state index contributed by atoms with van der Waals surface area (Å²) in [5.74, 6) is 2.16. The van der Waals surface area contributed by atoms with Crippen LogP contribution in [-0.4, -0.2) is 44.6 Å². The lowest BCUT2D eigenvalue weighted by atomic mass is 10.1. The zero-order chi connectivity index (χ0) is 18.8. The molecule has 0 saturated heterocycles. The number of aliphatic imine (C=N–C) groups is 2. The smallest absolute Gasteiger partial charge is 0.176 e. The van der Waals surface area contributed by atoms with Crippen LogP contribution in [-0.2, 0) is 6.54 Å². The van der Waals surface area contributed by atoms with Crippen LogP contribution in [0, 0.1) is 0 Å². The number of nitrogens with two attached hydrogens (primary N) is 1. The highest BCUT2D eigenvalue weighted by Crippen LogP contribution is 2.35. The number of imidazole rings is 1. The van der Waals surface area contributed by atoms with Crippen molar-refractivity contribution in [2.45, 2.75) is 26.4 Å². The Labute approximate surface area is 158 Å². The van der Waals surface area contributed by atoms with Gasteiger partial charge in [-0.15, -0.1) is 0 Å². The summed E-state index contributed by atoms with van der Waals surface area (Å²) in [6.45, 7) is 5.23. The van der Waals surface area contributed by atoms with Crippen LogP contribution in [0.2, 0.25) is 0 Å². The first kappa shape index (κ1) is 17.0. The molecule has 3 heterocycles. The van der Waals surface area contributed by atoms with Crippen molar-refractivity contribution in [1.82, 2.24) is 19.7 Å². The molecule has 0 fully saturated rings. The van der Waals surface area contributed by atoms with Gasteiger partial charge in [-0.05, 0) is 32.0 Å². The molecule has 8 nitrogen and oxygen atoms in total. The number of aromatic nitrogens is 4. The summed E-state index contributed by atoms with van der Waals surface area (Å²) >= 11 is 0. The number of nitrogens with one attached hydrogen (secondary N) is 1. The quantitative estimate of drug-likeness (QED) is 0.550. The minimum atomic E-state index is 0. The first-order valence-electron chi connectivity index (χ1n) is 8.82. The van der Waals surface area contributed by atoms with Crippen molar-refractivity contribution < 1.29 is 6.16 Å². The van der Waals surface area contributed by atoms with Gasteiger partial charge in [0.2, 0.25) is 0 Å². The molecule has 0 radical (unpaired) electrons. The molecule has 1 aromatic carbocycles. The molecule has 1 aliphatic rings. The maximum atomic E-state index is 5.97. The Bertz CT molecular complexity index is 1010. The fraction of sp³-hybridized carbons (Fsp3) is 0.263. The normalized spacial score (nSPS) is 14.1. The molecule has 4 rings (SSSR count). The fourth-order valence-corrected chi connectivity index (χ4v) is 3.05. The van der Waals surface area contributed by atoms with Crippen molar-refractivity contribution in [3.8, 4) is 28.4 Å². The van der Waals surface area contributed by atoms with Crippen molar-refractivity contribution >= 4 is 12.2 Å². The predicted molar refractivity (Wildman–Crippen MR) is 107 cm³/mol. The minimum absolute atomic E-state index is 0. The SMILES string of the molecule is CC(C)N=C(N=CN)c1cn2c(n1)-c1ccc(-c3ccn[nH]3)cc1OCC2.[HH]. The molecule has 1 aliphatic heterocycles. The molecule has 0 unspecified atom stereocenters. The van der Waals surface area contributed by atoms with Crippen LogP contribution in [0.5, 0.6) is 5.75 Å². The average molecular weight is 365 g/mol. The molecule has 0 spiro atoms. The van der Waals surface area contributed by atoms with Gasteiger partial charge in [0.1, 0.15) is 23.9 Å². The molecular weight excluding hydrogens is 342 g/mol. The molecule has 0 saturated carbocycles. The van der Waals surface area contributed by atoms with E-state index in [2.05, 4.69) is 24.7 Å². The average Bonchev–Trinajstić information content (AvgIpc) is 3.29. The maximum absolute atomic E-state index is 5.97. The summed E-state index contributed by atoms with van der Waals surface area (Å²) in [6.07, 6.45) is 4.93. The van der Waals surface area contributed by atoms with E-state index in [1.54, 1.807) is 6.20 Å². The second kappa shape index (κ2) is 7.06. The van der Waals surface area contributed by atoms with Gasteiger partial charge in [-0.25, -0.2) is 9.98 Å². The van der Waals surface area contributed by atoms with Gasteiger partial charge in [-0.3, -0.25) is 10.1 Å². The first-order chi connectivity index (χ1) is 13.2. The van der Waals surface area contributed by atoms with Gasteiger partial charge in [0.25, 0.3) is 0 Å². The van der Waals surface area contributed by atoms with Crippen LogP contribution in [0.1, 0.15) is 21.0 Å². The van der Waals surface area contributed by atoms with Crippen LogP contribution in [0.15, 0.2) is 46.6 Å². The topological polar surface area (TPSA) is 106 Å². The zero-order valence-corrected chi connectivity index (χ0v) is 15.3. The van der Waals surface area contributed by atoms with Gasteiger partial charge >= 0.3 is 0 Å². The standard InChI is InChI=1S/C19H21N7O.H2/c1-12(2)23-18(21-11-20)16-10-26-7-8-27-17-9-13(15-5-6-22-25-15)3-4-14(17)19(26)24-16;/h3-6,9-12H,7-8H2,1-2H3,(H,22,25)(H2,20,21,23);1H. The molecular formula is C19H23N7O. The van der Waals surface area contributed by atoms with E-state index in [4.69, 9.17) is 15.5 Å². The van der Waals surface area contributed by atoms with Gasteiger partial charge in [-0.2, -0.15) is 5.10 Å². The van der Waals surface area contributed by atoms with E-state index >= 15 is 0 Å². The van der Waals surface area contributed by atoms with Crippen molar-refractivity contribution in [3.05, 3.63) is 42.4 Å². The Morgan fingerprint density at radius 3 is 3.04 bits per heavy atom. The summed E-state index contributed by atoms with van der Waals surface area (Å²) in [5.41, 5.74) is 9.08. The number of H-pyrrole nitrogens is 1. The van der Waals surface area contributed by atoms with Gasteiger partial charge in [0.05, 0.1) is 24.1 Å². The highest BCUT2D eigenvalue weighted by Gasteiger charge is 2.21. The van der Waals surface area contributed by atoms with E-state index < -0.39 is 0 Å². The third kappa shape index (κ3) is 3.33. The van der Waals surface area contributed by atoms with E-state index in [0.29, 0.717) is 24.7 Å². The number of amidine groups is 1. The molecule has 27 heavy (non-hydrogen) atoms. The molecule has 0 bridgehead atoms. The molecule has 3 aromatic rings. The fourth-order valence-electron chi connectivity index (χ4n) is 3.05. The number of benzene rings is 1. The van der Waals surface area contributed by atoms with E-state index in [0.717, 1.165) is 28.4 Å². The van der Waals surface area contributed by atoms with Crippen LogP contribution in [0.4, 0.5) is 0 Å². The number of rotatable bonds is 3. The second-order valence-corrected chi connectivity index (χ2v) is 6.50. The lowest BCUT2D eigenvalue weighted by molar-refractivity contribution is 0.307. The molecule has 3 N–H and O–H groups in total. The summed E-state index contributed by atoms with van der Waals surface area (Å²) < 4.78 is 8.03. The monoisotopic (exact) mass is 365 g/mol. The van der Waals surface area contributed by atoms with Crippen molar-refractivity contribution in [1.29, 1.82) is 0 Å². The van der Waals surface area contributed by atoms with Gasteiger partial charge in [-0.1, -0.05) is 6.07 Å².